The molecule has 0 spiro atoms. The van der Waals surface area contributed by atoms with E-state index in [1.54, 1.807) is 12.2 Å². The lowest BCUT2D eigenvalue weighted by molar-refractivity contribution is 0.458. The van der Waals surface area contributed by atoms with Gasteiger partial charge in [-0.2, -0.15) is 0 Å². The lowest BCUT2D eigenvalue weighted by Gasteiger charge is -2.11. The quantitative estimate of drug-likeness (QED) is 0.854. The van der Waals surface area contributed by atoms with E-state index in [0.29, 0.717) is 22.7 Å². The summed E-state index contributed by atoms with van der Waals surface area (Å²) in [5.41, 5.74) is 6.83. The van der Waals surface area contributed by atoms with E-state index in [1.807, 2.05) is 43.3 Å². The van der Waals surface area contributed by atoms with Crippen molar-refractivity contribution in [3.63, 3.8) is 0 Å². The predicted octanol–water partition coefficient (Wildman–Crippen LogP) is 2.86. The van der Waals surface area contributed by atoms with E-state index < -0.39 is 0 Å². The molecule has 0 fully saturated rings. The van der Waals surface area contributed by atoms with E-state index in [-0.39, 0.29) is 0 Å². The van der Waals surface area contributed by atoms with Crippen LogP contribution in [0.4, 0.5) is 0 Å². The van der Waals surface area contributed by atoms with E-state index in [9.17, 15) is 0 Å². The molecule has 2 N–H and O–H groups in total. The Hall–Kier alpha value is -2.46. The van der Waals surface area contributed by atoms with Crippen LogP contribution in [0, 0.1) is 0 Å². The van der Waals surface area contributed by atoms with Crippen LogP contribution in [0.1, 0.15) is 12.5 Å². The minimum absolute atomic E-state index is 0.417. The standard InChI is InChI=1S/C18H18N2OS/c1-4-14-16(11-12(3)19)20-18(15(5-2)17(14)22)21-13-9-7-6-8-10-13/h4-11,22H,2-3,19H2,1H3/b14-4+,16-11+. The molecule has 2 aromatic rings. The van der Waals surface area contributed by atoms with Gasteiger partial charge in [0.2, 0.25) is 5.88 Å². The van der Waals surface area contributed by atoms with Crippen molar-refractivity contribution in [3.05, 3.63) is 65.3 Å². The number of allylic oxidation sites excluding steroid dienone is 1. The molecule has 2 rings (SSSR count). The molecular formula is C18H18N2OS. The summed E-state index contributed by atoms with van der Waals surface area (Å²) >= 11 is 4.59. The van der Waals surface area contributed by atoms with E-state index in [1.165, 1.54) is 0 Å². The van der Waals surface area contributed by atoms with Gasteiger partial charge < -0.3 is 10.5 Å². The van der Waals surface area contributed by atoms with Gasteiger partial charge in [-0.3, -0.25) is 0 Å². The maximum atomic E-state index is 5.87. The molecule has 0 saturated carbocycles. The first kappa shape index (κ1) is 15.9. The van der Waals surface area contributed by atoms with Crippen LogP contribution in [0.3, 0.4) is 0 Å². The van der Waals surface area contributed by atoms with Gasteiger partial charge in [0.05, 0.1) is 10.9 Å². The largest absolute Gasteiger partial charge is 0.438 e. The molecule has 4 heteroatoms. The number of hydrogen-bond acceptors (Lipinski definition) is 4. The summed E-state index contributed by atoms with van der Waals surface area (Å²) in [7, 11) is 0. The molecule has 1 aromatic heterocycles. The van der Waals surface area contributed by atoms with Gasteiger partial charge in [0.15, 0.2) is 0 Å². The van der Waals surface area contributed by atoms with Crippen molar-refractivity contribution in [2.75, 3.05) is 0 Å². The molecule has 1 heterocycles. The first-order valence-electron chi connectivity index (χ1n) is 6.77. The van der Waals surface area contributed by atoms with Crippen molar-refractivity contribution in [1.82, 2.24) is 4.98 Å². The fourth-order valence-corrected chi connectivity index (χ4v) is 2.46. The minimum Gasteiger partial charge on any atom is -0.438 e. The number of benzene rings is 1. The Balaban J connectivity index is 2.71. The maximum Gasteiger partial charge on any atom is 0.228 e. The van der Waals surface area contributed by atoms with Gasteiger partial charge in [0.1, 0.15) is 5.75 Å². The highest BCUT2D eigenvalue weighted by molar-refractivity contribution is 7.80. The van der Waals surface area contributed by atoms with Crippen LogP contribution < -0.4 is 21.0 Å². The van der Waals surface area contributed by atoms with Crippen LogP contribution in [0.2, 0.25) is 0 Å². The summed E-state index contributed by atoms with van der Waals surface area (Å²) in [5.74, 6) is 1.13. The fourth-order valence-electron chi connectivity index (χ4n) is 2.03. The highest BCUT2D eigenvalue weighted by Crippen LogP contribution is 2.25. The molecule has 0 unspecified atom stereocenters. The second-order valence-electron chi connectivity index (χ2n) is 4.61. The van der Waals surface area contributed by atoms with Crippen LogP contribution in [0.15, 0.2) is 54.1 Å². The summed E-state index contributed by atoms with van der Waals surface area (Å²) < 4.78 is 5.87. The third-order valence-electron chi connectivity index (χ3n) is 3.01. The Labute approximate surface area is 135 Å². The fraction of sp³-hybridized carbons (Fsp3) is 0.0556. The number of nitrogens with two attached hydrogens (primary N) is 1. The third-order valence-corrected chi connectivity index (χ3v) is 3.49. The van der Waals surface area contributed by atoms with Gasteiger partial charge >= 0.3 is 0 Å². The SMILES string of the molecule is C=Cc1c(Oc2ccccc2)nc(=C/C(=C)N)/c(=C\C)c1S. The average Bonchev–Trinajstić information content (AvgIpc) is 2.48. The molecule has 3 nitrogen and oxygen atoms in total. The molecule has 22 heavy (non-hydrogen) atoms. The second-order valence-corrected chi connectivity index (χ2v) is 5.05. The lowest BCUT2D eigenvalue weighted by Crippen LogP contribution is -2.31. The zero-order chi connectivity index (χ0) is 16.1. The van der Waals surface area contributed by atoms with Gasteiger partial charge in [-0.15, -0.1) is 12.6 Å². The number of aromatic nitrogens is 1. The van der Waals surface area contributed by atoms with Gasteiger partial charge in [-0.25, -0.2) is 4.98 Å². The second kappa shape index (κ2) is 7.00. The zero-order valence-electron chi connectivity index (χ0n) is 12.4. The monoisotopic (exact) mass is 310 g/mol. The Morgan fingerprint density at radius 1 is 1.32 bits per heavy atom. The van der Waals surface area contributed by atoms with Crippen molar-refractivity contribution in [1.29, 1.82) is 0 Å². The van der Waals surface area contributed by atoms with Crippen LogP contribution in [-0.4, -0.2) is 4.98 Å². The van der Waals surface area contributed by atoms with Gasteiger partial charge in [0, 0.05) is 15.8 Å². The normalized spacial score (nSPS) is 12.3. The summed E-state index contributed by atoms with van der Waals surface area (Å²) in [6.07, 6.45) is 5.30. The van der Waals surface area contributed by atoms with Crippen molar-refractivity contribution in [2.24, 2.45) is 5.73 Å². The van der Waals surface area contributed by atoms with Crippen molar-refractivity contribution in [3.8, 4) is 11.6 Å². The molecule has 0 aliphatic carbocycles. The number of nitrogens with zero attached hydrogens (tertiary/aromatic N) is 1. The number of rotatable bonds is 4. The number of hydrogen-bond donors (Lipinski definition) is 2. The maximum absolute atomic E-state index is 5.87. The van der Waals surface area contributed by atoms with Gasteiger partial charge in [-0.1, -0.05) is 43.5 Å². The first-order chi connectivity index (χ1) is 10.6. The third kappa shape index (κ3) is 3.40. The molecule has 0 aliphatic heterocycles. The van der Waals surface area contributed by atoms with Gasteiger partial charge in [0.25, 0.3) is 0 Å². The lowest BCUT2D eigenvalue weighted by atomic mass is 10.2. The van der Waals surface area contributed by atoms with Crippen molar-refractivity contribution in [2.45, 2.75) is 11.8 Å². The van der Waals surface area contributed by atoms with Crippen LogP contribution >= 0.6 is 12.6 Å². The smallest absolute Gasteiger partial charge is 0.228 e. The molecule has 0 bridgehead atoms. The Morgan fingerprint density at radius 3 is 2.55 bits per heavy atom. The Kier molecular flexibility index (Phi) is 5.07. The number of ether oxygens (including phenoxy) is 1. The molecule has 0 amide bonds. The number of pyridine rings is 1. The molecular weight excluding hydrogens is 292 g/mol. The topological polar surface area (TPSA) is 48.1 Å². The molecule has 0 saturated heterocycles. The summed E-state index contributed by atoms with van der Waals surface area (Å²) in [6.45, 7) is 9.43. The van der Waals surface area contributed by atoms with Crippen LogP contribution in [0.5, 0.6) is 11.6 Å². The first-order valence-corrected chi connectivity index (χ1v) is 7.22. The van der Waals surface area contributed by atoms with Crippen LogP contribution in [-0.2, 0) is 0 Å². The van der Waals surface area contributed by atoms with E-state index in [0.717, 1.165) is 15.7 Å². The highest BCUT2D eigenvalue weighted by Gasteiger charge is 2.10. The van der Waals surface area contributed by atoms with Crippen LogP contribution in [0.25, 0.3) is 18.2 Å². The van der Waals surface area contributed by atoms with E-state index >= 15 is 0 Å². The number of thiol groups is 1. The van der Waals surface area contributed by atoms with E-state index in [2.05, 4.69) is 30.8 Å². The minimum atomic E-state index is 0.417. The van der Waals surface area contributed by atoms with Crippen molar-refractivity contribution < 1.29 is 4.74 Å². The summed E-state index contributed by atoms with van der Waals surface area (Å²) in [5, 5.41) is 1.53. The Morgan fingerprint density at radius 2 is 2.00 bits per heavy atom. The zero-order valence-corrected chi connectivity index (χ0v) is 13.3. The molecule has 1 aromatic carbocycles. The van der Waals surface area contributed by atoms with Crippen molar-refractivity contribution >= 4 is 30.9 Å². The molecule has 0 radical (unpaired) electrons. The Bertz CT molecular complexity index is 826. The van der Waals surface area contributed by atoms with Gasteiger partial charge in [-0.05, 0) is 25.1 Å². The summed E-state index contributed by atoms with van der Waals surface area (Å²) in [4.78, 5) is 5.28. The molecule has 0 atom stereocenters. The van der Waals surface area contributed by atoms with E-state index in [4.69, 9.17) is 10.5 Å². The average molecular weight is 310 g/mol. The predicted molar refractivity (Wildman–Crippen MR) is 95.3 cm³/mol. The number of para-hydroxylation sites is 1. The highest BCUT2D eigenvalue weighted by atomic mass is 32.1. The molecule has 0 aliphatic rings. The summed E-state index contributed by atoms with van der Waals surface area (Å²) in [6, 6.07) is 9.43. The molecule has 112 valence electrons.